The Morgan fingerprint density at radius 3 is 2.70 bits per heavy atom. The minimum atomic E-state index is -3.57. The average Bonchev–Trinajstić information content (AvgIpc) is 2.37. The lowest BCUT2D eigenvalue weighted by molar-refractivity contribution is 0.136. The van der Waals surface area contributed by atoms with E-state index in [9.17, 15) is 8.42 Å². The van der Waals surface area contributed by atoms with Gasteiger partial charge in [0.1, 0.15) is 0 Å². The van der Waals surface area contributed by atoms with Gasteiger partial charge in [-0.3, -0.25) is 0 Å². The maximum atomic E-state index is 12.2. The van der Waals surface area contributed by atoms with Crippen LogP contribution in [0.25, 0.3) is 0 Å². The summed E-state index contributed by atoms with van der Waals surface area (Å²) in [6.45, 7) is 5.03. The van der Waals surface area contributed by atoms with Crippen molar-refractivity contribution in [2.45, 2.75) is 31.6 Å². The van der Waals surface area contributed by atoms with E-state index in [4.69, 9.17) is 10.5 Å². The highest BCUT2D eigenvalue weighted by atomic mass is 79.9. The molecule has 0 unspecified atom stereocenters. The molecule has 0 aliphatic carbocycles. The Hall–Kier alpha value is -0.630. The highest BCUT2D eigenvalue weighted by Gasteiger charge is 2.18. The maximum absolute atomic E-state index is 12.2. The van der Waals surface area contributed by atoms with Crippen molar-refractivity contribution in [1.82, 2.24) is 4.72 Å². The normalized spacial score (nSPS) is 11.8. The number of hydrogen-bond acceptors (Lipinski definition) is 4. The van der Waals surface area contributed by atoms with Crippen LogP contribution in [0.1, 0.15) is 25.3 Å². The summed E-state index contributed by atoms with van der Waals surface area (Å²) in [7, 11) is -3.57. The van der Waals surface area contributed by atoms with Crippen LogP contribution in [-0.2, 0) is 14.8 Å². The second-order valence-corrected chi connectivity index (χ2v) is 7.13. The van der Waals surface area contributed by atoms with Crippen molar-refractivity contribution < 1.29 is 13.2 Å². The Balaban J connectivity index is 2.65. The van der Waals surface area contributed by atoms with E-state index < -0.39 is 10.0 Å². The van der Waals surface area contributed by atoms with Crippen LogP contribution in [0, 0.1) is 6.92 Å². The number of ether oxygens (including phenoxy) is 1. The van der Waals surface area contributed by atoms with Gasteiger partial charge in [-0.15, -0.1) is 0 Å². The molecular formula is C13H21BrN2O3S. The molecule has 20 heavy (non-hydrogen) atoms. The topological polar surface area (TPSA) is 81.4 Å². The van der Waals surface area contributed by atoms with Gasteiger partial charge in [-0.05, 0) is 31.0 Å². The molecule has 0 aromatic heterocycles. The van der Waals surface area contributed by atoms with Crippen LogP contribution in [0.4, 0.5) is 5.69 Å². The molecule has 3 N–H and O–H groups in total. The van der Waals surface area contributed by atoms with Crippen molar-refractivity contribution in [3.8, 4) is 0 Å². The Morgan fingerprint density at radius 1 is 1.35 bits per heavy atom. The Bertz CT molecular complexity index is 547. The molecule has 0 radical (unpaired) electrons. The molecule has 1 aromatic carbocycles. The highest BCUT2D eigenvalue weighted by molar-refractivity contribution is 9.10. The van der Waals surface area contributed by atoms with Crippen molar-refractivity contribution in [3.63, 3.8) is 0 Å². The van der Waals surface area contributed by atoms with Crippen LogP contribution >= 0.6 is 15.9 Å². The number of hydrogen-bond donors (Lipinski definition) is 2. The highest BCUT2D eigenvalue weighted by Crippen LogP contribution is 2.25. The van der Waals surface area contributed by atoms with Gasteiger partial charge >= 0.3 is 0 Å². The first-order valence-electron chi connectivity index (χ1n) is 6.51. The van der Waals surface area contributed by atoms with Gasteiger partial charge < -0.3 is 10.5 Å². The van der Waals surface area contributed by atoms with Crippen LogP contribution in [-0.4, -0.2) is 28.2 Å². The largest absolute Gasteiger partial charge is 0.398 e. The molecule has 114 valence electrons. The molecular weight excluding hydrogens is 344 g/mol. The number of benzene rings is 1. The molecule has 0 saturated heterocycles. The second kappa shape index (κ2) is 7.97. The average molecular weight is 365 g/mol. The van der Waals surface area contributed by atoms with Gasteiger partial charge in [-0.1, -0.05) is 29.3 Å². The van der Waals surface area contributed by atoms with Gasteiger partial charge in [-0.25, -0.2) is 13.1 Å². The van der Waals surface area contributed by atoms with Crippen molar-refractivity contribution in [3.05, 3.63) is 22.2 Å². The third-order valence-corrected chi connectivity index (χ3v) is 4.88. The Morgan fingerprint density at radius 2 is 2.05 bits per heavy atom. The number of nitrogens with one attached hydrogen (secondary N) is 1. The summed E-state index contributed by atoms with van der Waals surface area (Å²) in [4.78, 5) is 0.193. The maximum Gasteiger partial charge on any atom is 0.241 e. The standard InChI is InChI=1S/C13H21BrN2O3S/c1-3-4-6-19-7-5-16-20(17,18)13-9-11(14)8-12(15)10(13)2/h8-9,16H,3-7,15H2,1-2H3. The molecule has 0 spiro atoms. The van der Waals surface area contributed by atoms with E-state index in [1.165, 1.54) is 0 Å². The summed E-state index contributed by atoms with van der Waals surface area (Å²) >= 11 is 3.25. The number of nitrogens with two attached hydrogens (primary N) is 1. The monoisotopic (exact) mass is 364 g/mol. The molecule has 7 heteroatoms. The van der Waals surface area contributed by atoms with E-state index in [-0.39, 0.29) is 11.4 Å². The van der Waals surface area contributed by atoms with E-state index in [1.54, 1.807) is 19.1 Å². The number of anilines is 1. The van der Waals surface area contributed by atoms with Crippen molar-refractivity contribution in [2.24, 2.45) is 0 Å². The van der Waals surface area contributed by atoms with Crippen molar-refractivity contribution in [2.75, 3.05) is 25.5 Å². The van der Waals surface area contributed by atoms with Crippen molar-refractivity contribution >= 4 is 31.6 Å². The lowest BCUT2D eigenvalue weighted by atomic mass is 10.2. The first kappa shape index (κ1) is 17.4. The van der Waals surface area contributed by atoms with Crippen molar-refractivity contribution in [1.29, 1.82) is 0 Å². The molecule has 0 heterocycles. The molecule has 1 aromatic rings. The van der Waals surface area contributed by atoms with E-state index >= 15 is 0 Å². The third kappa shape index (κ3) is 5.05. The summed E-state index contributed by atoms with van der Waals surface area (Å²) in [5, 5.41) is 0. The number of unbranched alkanes of at least 4 members (excludes halogenated alkanes) is 1. The minimum absolute atomic E-state index is 0.193. The predicted molar refractivity (Wildman–Crippen MR) is 84.2 cm³/mol. The first-order chi connectivity index (χ1) is 9.38. The summed E-state index contributed by atoms with van der Waals surface area (Å²) in [6, 6.07) is 3.23. The number of halogens is 1. The molecule has 0 atom stereocenters. The summed E-state index contributed by atoms with van der Waals surface area (Å²) < 4.78 is 32.9. The zero-order valence-corrected chi connectivity index (χ0v) is 14.2. The third-order valence-electron chi connectivity index (χ3n) is 2.84. The van der Waals surface area contributed by atoms with Gasteiger partial charge in [0.2, 0.25) is 10.0 Å². The summed E-state index contributed by atoms with van der Waals surface area (Å²) in [5.41, 5.74) is 6.77. The lowest BCUT2D eigenvalue weighted by Crippen LogP contribution is -2.28. The Labute approximate surface area is 129 Å². The SMILES string of the molecule is CCCCOCCNS(=O)(=O)c1cc(Br)cc(N)c1C. The fourth-order valence-corrected chi connectivity index (χ4v) is 3.57. The molecule has 0 aliphatic rings. The lowest BCUT2D eigenvalue weighted by Gasteiger charge is -2.12. The molecule has 0 amide bonds. The van der Waals surface area contributed by atoms with E-state index in [0.717, 1.165) is 12.8 Å². The van der Waals surface area contributed by atoms with Crippen LogP contribution in [0.5, 0.6) is 0 Å². The first-order valence-corrected chi connectivity index (χ1v) is 8.79. The molecule has 0 aliphatic heterocycles. The van der Waals surface area contributed by atoms with E-state index in [2.05, 4.69) is 27.6 Å². The van der Waals surface area contributed by atoms with Gasteiger partial charge in [0.25, 0.3) is 0 Å². The number of sulfonamides is 1. The van der Waals surface area contributed by atoms with Gasteiger partial charge in [0.15, 0.2) is 0 Å². The van der Waals surface area contributed by atoms with Gasteiger partial charge in [0.05, 0.1) is 11.5 Å². The minimum Gasteiger partial charge on any atom is -0.398 e. The van der Waals surface area contributed by atoms with E-state index in [1.807, 2.05) is 0 Å². The van der Waals surface area contributed by atoms with Crippen LogP contribution in [0.2, 0.25) is 0 Å². The van der Waals surface area contributed by atoms with Crippen LogP contribution < -0.4 is 10.5 Å². The quantitative estimate of drug-likeness (QED) is 0.548. The molecule has 0 saturated carbocycles. The van der Waals surface area contributed by atoms with Crippen LogP contribution in [0.3, 0.4) is 0 Å². The van der Waals surface area contributed by atoms with Gasteiger partial charge in [0, 0.05) is 23.3 Å². The zero-order valence-electron chi connectivity index (χ0n) is 11.8. The number of rotatable bonds is 8. The summed E-state index contributed by atoms with van der Waals surface area (Å²) in [5.74, 6) is 0. The zero-order chi connectivity index (χ0) is 15.2. The number of nitrogen functional groups attached to an aromatic ring is 1. The second-order valence-electron chi connectivity index (χ2n) is 4.48. The fourth-order valence-electron chi connectivity index (χ4n) is 1.63. The molecule has 5 nitrogen and oxygen atoms in total. The fraction of sp³-hybridized carbons (Fsp3) is 0.538. The van der Waals surface area contributed by atoms with Crippen LogP contribution in [0.15, 0.2) is 21.5 Å². The molecule has 0 fully saturated rings. The predicted octanol–water partition coefficient (Wildman–Crippen LogP) is 2.43. The molecule has 0 bridgehead atoms. The Kier molecular flexibility index (Phi) is 6.94. The molecule has 1 rings (SSSR count). The van der Waals surface area contributed by atoms with E-state index in [0.29, 0.717) is 28.9 Å². The smallest absolute Gasteiger partial charge is 0.241 e. The summed E-state index contributed by atoms with van der Waals surface area (Å²) in [6.07, 6.45) is 2.04. The van der Waals surface area contributed by atoms with Gasteiger partial charge in [-0.2, -0.15) is 0 Å².